The Balaban J connectivity index is 1.93. The Hall–Kier alpha value is -2.12. The lowest BCUT2D eigenvalue weighted by Gasteiger charge is -2.11. The van der Waals surface area contributed by atoms with Crippen LogP contribution in [0.25, 0.3) is 0 Å². The molecular formula is C14H17N3O3S. The van der Waals surface area contributed by atoms with E-state index in [2.05, 4.69) is 15.0 Å². The van der Waals surface area contributed by atoms with E-state index in [0.717, 1.165) is 0 Å². The molecule has 0 spiro atoms. The SMILES string of the molecule is CNc1ccncc1S(=O)(=O)NCCOc1ccccc1. The van der Waals surface area contributed by atoms with E-state index < -0.39 is 10.0 Å². The molecule has 1 aromatic carbocycles. The molecule has 0 fully saturated rings. The van der Waals surface area contributed by atoms with Crippen molar-refractivity contribution in [1.29, 1.82) is 0 Å². The Morgan fingerprint density at radius 1 is 1.19 bits per heavy atom. The van der Waals surface area contributed by atoms with Crippen LogP contribution in [0.1, 0.15) is 0 Å². The third-order valence-corrected chi connectivity index (χ3v) is 4.24. The Morgan fingerprint density at radius 3 is 2.67 bits per heavy atom. The summed E-state index contributed by atoms with van der Waals surface area (Å²) in [4.78, 5) is 3.96. The first-order valence-corrected chi connectivity index (χ1v) is 7.91. The number of pyridine rings is 1. The lowest BCUT2D eigenvalue weighted by atomic mass is 10.3. The molecule has 0 aliphatic carbocycles. The average molecular weight is 307 g/mol. The van der Waals surface area contributed by atoms with Crippen molar-refractivity contribution < 1.29 is 13.2 Å². The molecule has 2 rings (SSSR count). The lowest BCUT2D eigenvalue weighted by molar-refractivity contribution is 0.323. The van der Waals surface area contributed by atoms with E-state index >= 15 is 0 Å². The highest BCUT2D eigenvalue weighted by Gasteiger charge is 2.17. The molecule has 0 unspecified atom stereocenters. The molecule has 0 atom stereocenters. The zero-order valence-corrected chi connectivity index (χ0v) is 12.4. The molecule has 2 aromatic rings. The second-order valence-corrected chi connectivity index (χ2v) is 5.92. The van der Waals surface area contributed by atoms with E-state index in [1.807, 2.05) is 30.3 Å². The van der Waals surface area contributed by atoms with E-state index in [1.54, 1.807) is 13.1 Å². The van der Waals surface area contributed by atoms with Gasteiger partial charge in [-0.1, -0.05) is 18.2 Å². The van der Waals surface area contributed by atoms with E-state index in [9.17, 15) is 8.42 Å². The van der Waals surface area contributed by atoms with Crippen molar-refractivity contribution in [3.05, 3.63) is 48.8 Å². The van der Waals surface area contributed by atoms with Gasteiger partial charge < -0.3 is 10.1 Å². The van der Waals surface area contributed by atoms with Crippen LogP contribution in [0.3, 0.4) is 0 Å². The summed E-state index contributed by atoms with van der Waals surface area (Å²) in [5.41, 5.74) is 0.501. The van der Waals surface area contributed by atoms with Crippen LogP contribution in [0.5, 0.6) is 5.75 Å². The van der Waals surface area contributed by atoms with Gasteiger partial charge >= 0.3 is 0 Å². The van der Waals surface area contributed by atoms with Gasteiger partial charge in [-0.3, -0.25) is 4.98 Å². The van der Waals surface area contributed by atoms with Gasteiger partial charge in [0.25, 0.3) is 0 Å². The molecule has 1 aromatic heterocycles. The maximum absolute atomic E-state index is 12.2. The van der Waals surface area contributed by atoms with Crippen LogP contribution in [0.4, 0.5) is 5.69 Å². The molecule has 21 heavy (non-hydrogen) atoms. The van der Waals surface area contributed by atoms with Crippen LogP contribution in [0.2, 0.25) is 0 Å². The standard InChI is InChI=1S/C14H17N3O3S/c1-15-13-7-8-16-11-14(13)21(18,19)17-9-10-20-12-5-3-2-4-6-12/h2-8,11,17H,9-10H2,1H3,(H,15,16). The summed E-state index contributed by atoms with van der Waals surface area (Å²) < 4.78 is 32.3. The van der Waals surface area contributed by atoms with Crippen LogP contribution in [-0.4, -0.2) is 33.6 Å². The molecule has 0 aliphatic rings. The van der Waals surface area contributed by atoms with Gasteiger partial charge in [0.2, 0.25) is 10.0 Å². The number of hydrogen-bond donors (Lipinski definition) is 2. The number of ether oxygens (including phenoxy) is 1. The minimum absolute atomic E-state index is 0.118. The van der Waals surface area contributed by atoms with Gasteiger partial charge in [-0.25, -0.2) is 13.1 Å². The second-order valence-electron chi connectivity index (χ2n) is 4.18. The van der Waals surface area contributed by atoms with Crippen molar-refractivity contribution in [1.82, 2.24) is 9.71 Å². The van der Waals surface area contributed by atoms with Crippen molar-refractivity contribution in [3.63, 3.8) is 0 Å². The Morgan fingerprint density at radius 2 is 1.95 bits per heavy atom. The zero-order valence-electron chi connectivity index (χ0n) is 11.6. The van der Waals surface area contributed by atoms with Crippen LogP contribution in [-0.2, 0) is 10.0 Å². The maximum atomic E-state index is 12.2. The first-order valence-electron chi connectivity index (χ1n) is 6.43. The maximum Gasteiger partial charge on any atom is 0.244 e. The third kappa shape index (κ3) is 4.17. The normalized spacial score (nSPS) is 11.1. The van der Waals surface area contributed by atoms with E-state index in [0.29, 0.717) is 11.4 Å². The number of anilines is 1. The second kappa shape index (κ2) is 7.05. The molecule has 1 heterocycles. The number of nitrogens with one attached hydrogen (secondary N) is 2. The topological polar surface area (TPSA) is 80.3 Å². The number of benzene rings is 1. The van der Waals surface area contributed by atoms with E-state index in [-0.39, 0.29) is 18.0 Å². The molecular weight excluding hydrogens is 290 g/mol. The number of aromatic nitrogens is 1. The van der Waals surface area contributed by atoms with Gasteiger partial charge in [0.15, 0.2) is 0 Å². The van der Waals surface area contributed by atoms with Gasteiger partial charge in [0.05, 0.1) is 5.69 Å². The zero-order chi connectivity index (χ0) is 15.1. The number of sulfonamides is 1. The number of para-hydroxylation sites is 1. The minimum Gasteiger partial charge on any atom is -0.492 e. The third-order valence-electron chi connectivity index (χ3n) is 2.75. The number of rotatable bonds is 7. The summed E-state index contributed by atoms with van der Waals surface area (Å²) in [5, 5.41) is 2.83. The highest BCUT2D eigenvalue weighted by molar-refractivity contribution is 7.89. The molecule has 0 aliphatic heterocycles. The predicted molar refractivity (Wildman–Crippen MR) is 80.9 cm³/mol. The van der Waals surface area contributed by atoms with Crippen molar-refractivity contribution in [2.75, 3.05) is 25.5 Å². The molecule has 0 amide bonds. The minimum atomic E-state index is -3.61. The average Bonchev–Trinajstić information content (AvgIpc) is 2.52. The summed E-state index contributed by atoms with van der Waals surface area (Å²) >= 11 is 0. The highest BCUT2D eigenvalue weighted by atomic mass is 32.2. The number of hydrogen-bond acceptors (Lipinski definition) is 5. The van der Waals surface area contributed by atoms with Crippen LogP contribution in [0, 0.1) is 0 Å². The molecule has 0 saturated heterocycles. The molecule has 0 bridgehead atoms. The monoisotopic (exact) mass is 307 g/mol. The highest BCUT2D eigenvalue weighted by Crippen LogP contribution is 2.18. The van der Waals surface area contributed by atoms with Crippen LogP contribution in [0.15, 0.2) is 53.7 Å². The quantitative estimate of drug-likeness (QED) is 0.757. The Bertz CT molecular complexity index is 675. The van der Waals surface area contributed by atoms with Gasteiger partial charge in [0, 0.05) is 26.0 Å². The Kier molecular flexibility index (Phi) is 5.13. The smallest absolute Gasteiger partial charge is 0.244 e. The van der Waals surface area contributed by atoms with E-state index in [4.69, 9.17) is 4.74 Å². The van der Waals surface area contributed by atoms with Gasteiger partial charge in [-0.2, -0.15) is 0 Å². The van der Waals surface area contributed by atoms with Crippen LogP contribution >= 0.6 is 0 Å². The van der Waals surface area contributed by atoms with Crippen molar-refractivity contribution >= 4 is 15.7 Å². The largest absolute Gasteiger partial charge is 0.492 e. The molecule has 2 N–H and O–H groups in total. The Labute approximate surface area is 124 Å². The number of nitrogens with zero attached hydrogens (tertiary/aromatic N) is 1. The fourth-order valence-electron chi connectivity index (χ4n) is 1.74. The van der Waals surface area contributed by atoms with Gasteiger partial charge in [-0.15, -0.1) is 0 Å². The molecule has 0 saturated carbocycles. The fraction of sp³-hybridized carbons (Fsp3) is 0.214. The van der Waals surface area contributed by atoms with E-state index in [1.165, 1.54) is 12.4 Å². The van der Waals surface area contributed by atoms with Crippen molar-refractivity contribution in [2.24, 2.45) is 0 Å². The summed E-state index contributed by atoms with van der Waals surface area (Å²) in [7, 11) is -1.95. The molecule has 7 heteroatoms. The van der Waals surface area contributed by atoms with Crippen LogP contribution < -0.4 is 14.8 Å². The van der Waals surface area contributed by atoms with Crippen molar-refractivity contribution in [3.8, 4) is 5.75 Å². The van der Waals surface area contributed by atoms with Crippen molar-refractivity contribution in [2.45, 2.75) is 4.90 Å². The molecule has 0 radical (unpaired) electrons. The lowest BCUT2D eigenvalue weighted by Crippen LogP contribution is -2.29. The summed E-state index contributed by atoms with van der Waals surface area (Å²) in [6, 6.07) is 10.8. The predicted octanol–water partition coefficient (Wildman–Crippen LogP) is 1.48. The summed E-state index contributed by atoms with van der Waals surface area (Å²) in [5.74, 6) is 0.703. The molecule has 6 nitrogen and oxygen atoms in total. The first kappa shape index (κ1) is 15.3. The van der Waals surface area contributed by atoms with Gasteiger partial charge in [-0.05, 0) is 18.2 Å². The first-order chi connectivity index (χ1) is 10.1. The molecule has 112 valence electrons. The van der Waals surface area contributed by atoms with Gasteiger partial charge in [0.1, 0.15) is 17.3 Å². The summed E-state index contributed by atoms with van der Waals surface area (Å²) in [6.45, 7) is 0.424. The summed E-state index contributed by atoms with van der Waals surface area (Å²) in [6.07, 6.45) is 2.84. The fourth-order valence-corrected chi connectivity index (χ4v) is 2.91.